The number of carbonyl (C=O) groups excluding carboxylic acids is 1. The fourth-order valence-electron chi connectivity index (χ4n) is 3.10. The van der Waals surface area contributed by atoms with Crippen molar-refractivity contribution in [1.82, 2.24) is 9.97 Å². The summed E-state index contributed by atoms with van der Waals surface area (Å²) in [4.78, 5) is 30.3. The number of hydrogen-bond donors (Lipinski definition) is 1. The van der Waals surface area contributed by atoms with E-state index in [1.54, 1.807) is 6.92 Å². The van der Waals surface area contributed by atoms with Crippen LogP contribution in [0.4, 0.5) is 0 Å². The number of aryl methyl sites for hydroxylation is 2. The van der Waals surface area contributed by atoms with Crippen LogP contribution in [0.5, 0.6) is 0 Å². The molecule has 0 atom stereocenters. The van der Waals surface area contributed by atoms with Gasteiger partial charge in [0, 0.05) is 17.4 Å². The molecule has 2 aromatic carbocycles. The van der Waals surface area contributed by atoms with E-state index >= 15 is 0 Å². The lowest BCUT2D eigenvalue weighted by atomic mass is 9.93. The van der Waals surface area contributed by atoms with E-state index < -0.39 is 0 Å². The highest BCUT2D eigenvalue weighted by Gasteiger charge is 2.14. The smallest absolute Gasteiger partial charge is 0.305 e. The fourth-order valence-corrected chi connectivity index (χ4v) is 3.10. The van der Waals surface area contributed by atoms with Gasteiger partial charge in [-0.2, -0.15) is 4.98 Å². The Labute approximate surface area is 140 Å². The van der Waals surface area contributed by atoms with Gasteiger partial charge in [0.2, 0.25) is 0 Å². The number of para-hydroxylation sites is 1. The summed E-state index contributed by atoms with van der Waals surface area (Å²) < 4.78 is 0. The second-order valence-corrected chi connectivity index (χ2v) is 6.10. The second kappa shape index (κ2) is 6.79. The number of fused-ring (bicyclic) bond motifs is 1. The molecule has 0 aliphatic carbocycles. The van der Waals surface area contributed by atoms with Gasteiger partial charge in [-0.1, -0.05) is 36.4 Å². The zero-order valence-corrected chi connectivity index (χ0v) is 13.9. The normalized spacial score (nSPS) is 10.9. The van der Waals surface area contributed by atoms with Gasteiger partial charge in [-0.25, -0.2) is 4.79 Å². The molecule has 24 heavy (non-hydrogen) atoms. The summed E-state index contributed by atoms with van der Waals surface area (Å²) in [6.45, 7) is 3.64. The number of aromatic nitrogens is 2. The maximum atomic E-state index is 12.0. The number of nitrogens with zero attached hydrogens (tertiary/aromatic N) is 1. The summed E-state index contributed by atoms with van der Waals surface area (Å²) in [6, 6.07) is 13.8. The Morgan fingerprint density at radius 3 is 2.71 bits per heavy atom. The molecule has 0 amide bonds. The molecule has 0 saturated carbocycles. The number of ketones is 1. The third-order valence-corrected chi connectivity index (χ3v) is 4.21. The monoisotopic (exact) mass is 320 g/mol. The average Bonchev–Trinajstić information content (AvgIpc) is 2.54. The Morgan fingerprint density at radius 1 is 1.12 bits per heavy atom. The zero-order chi connectivity index (χ0) is 17.1. The molecule has 4 heteroatoms. The topological polar surface area (TPSA) is 62.8 Å². The molecule has 1 heterocycles. The molecular formula is C20H20N2O2. The summed E-state index contributed by atoms with van der Waals surface area (Å²) in [5, 5.41) is 0.930. The molecular weight excluding hydrogens is 300 g/mol. The highest BCUT2D eigenvalue weighted by atomic mass is 16.1. The second-order valence-electron chi connectivity index (χ2n) is 6.10. The number of rotatable bonds is 5. The minimum absolute atomic E-state index is 0.198. The standard InChI is InChI=1S/C20H20N2O2/c1-13-7-5-9-15(10-6-8-14(2)23)18(13)19-16-11-3-4-12-17(16)21-20(24)22-19/h3-5,7,9,11-12H,6,8,10H2,1-2H3,(H,21,22,24). The molecule has 1 N–H and O–H groups in total. The Hall–Kier alpha value is -2.75. The highest BCUT2D eigenvalue weighted by Crippen LogP contribution is 2.31. The number of Topliss-reactive ketones (excluding diaryl/α,β-unsaturated/α-hetero) is 1. The van der Waals surface area contributed by atoms with Crippen molar-refractivity contribution in [2.75, 3.05) is 0 Å². The molecule has 1 aromatic heterocycles. The van der Waals surface area contributed by atoms with Gasteiger partial charge >= 0.3 is 5.69 Å². The predicted octanol–water partition coefficient (Wildman–Crippen LogP) is 3.81. The first kappa shape index (κ1) is 16.1. The summed E-state index contributed by atoms with van der Waals surface area (Å²) in [7, 11) is 0. The van der Waals surface area contributed by atoms with Gasteiger partial charge in [-0.15, -0.1) is 0 Å². The van der Waals surface area contributed by atoms with E-state index in [1.807, 2.05) is 43.3 Å². The number of H-pyrrole nitrogens is 1. The van der Waals surface area contributed by atoms with E-state index in [1.165, 1.54) is 0 Å². The van der Waals surface area contributed by atoms with Gasteiger partial charge in [-0.3, -0.25) is 0 Å². The fraction of sp³-hybridized carbons (Fsp3) is 0.250. The van der Waals surface area contributed by atoms with Crippen LogP contribution in [-0.2, 0) is 11.2 Å². The van der Waals surface area contributed by atoms with Crippen molar-refractivity contribution in [1.29, 1.82) is 0 Å². The third-order valence-electron chi connectivity index (χ3n) is 4.21. The summed E-state index contributed by atoms with van der Waals surface area (Å²) in [5.41, 5.74) is 4.36. The molecule has 3 aromatic rings. The average molecular weight is 320 g/mol. The van der Waals surface area contributed by atoms with Crippen molar-refractivity contribution < 1.29 is 4.79 Å². The molecule has 3 rings (SSSR count). The number of hydrogen-bond acceptors (Lipinski definition) is 3. The van der Waals surface area contributed by atoms with Gasteiger partial charge in [0.15, 0.2) is 0 Å². The van der Waals surface area contributed by atoms with Crippen LogP contribution >= 0.6 is 0 Å². The van der Waals surface area contributed by atoms with E-state index in [0.29, 0.717) is 12.1 Å². The van der Waals surface area contributed by atoms with Crippen molar-refractivity contribution in [3.8, 4) is 11.3 Å². The minimum Gasteiger partial charge on any atom is -0.305 e. The Balaban J connectivity index is 2.16. The van der Waals surface area contributed by atoms with Gasteiger partial charge in [0.1, 0.15) is 5.78 Å². The molecule has 0 aliphatic heterocycles. The molecule has 0 saturated heterocycles. The Morgan fingerprint density at radius 2 is 1.92 bits per heavy atom. The van der Waals surface area contributed by atoms with Crippen LogP contribution in [0.1, 0.15) is 30.9 Å². The lowest BCUT2D eigenvalue weighted by molar-refractivity contribution is -0.117. The maximum Gasteiger partial charge on any atom is 0.345 e. The van der Waals surface area contributed by atoms with Crippen molar-refractivity contribution in [3.05, 3.63) is 64.1 Å². The SMILES string of the molecule is CC(=O)CCCc1cccc(C)c1-c1nc(=O)[nH]c2ccccc12. The van der Waals surface area contributed by atoms with Crippen LogP contribution in [0.25, 0.3) is 22.2 Å². The molecule has 122 valence electrons. The number of carbonyl (C=O) groups is 1. The molecule has 4 nitrogen and oxygen atoms in total. The van der Waals surface area contributed by atoms with Crippen LogP contribution in [0.3, 0.4) is 0 Å². The number of benzene rings is 2. The molecule has 0 aliphatic rings. The number of aromatic amines is 1. The largest absolute Gasteiger partial charge is 0.345 e. The Kier molecular flexibility index (Phi) is 4.56. The molecule has 0 bridgehead atoms. The van der Waals surface area contributed by atoms with Gasteiger partial charge < -0.3 is 9.78 Å². The molecule has 0 unspecified atom stereocenters. The predicted molar refractivity (Wildman–Crippen MR) is 96.2 cm³/mol. The van der Waals surface area contributed by atoms with E-state index in [2.05, 4.69) is 16.0 Å². The van der Waals surface area contributed by atoms with Gasteiger partial charge in [0.05, 0.1) is 11.2 Å². The van der Waals surface area contributed by atoms with E-state index in [4.69, 9.17) is 0 Å². The highest BCUT2D eigenvalue weighted by molar-refractivity contribution is 5.93. The van der Waals surface area contributed by atoms with Crippen molar-refractivity contribution in [2.45, 2.75) is 33.1 Å². The zero-order valence-electron chi connectivity index (χ0n) is 13.9. The van der Waals surface area contributed by atoms with Crippen LogP contribution < -0.4 is 5.69 Å². The summed E-state index contributed by atoms with van der Waals surface area (Å²) in [6.07, 6.45) is 2.16. The number of nitrogens with one attached hydrogen (secondary N) is 1. The summed E-state index contributed by atoms with van der Waals surface area (Å²) >= 11 is 0. The van der Waals surface area contributed by atoms with Crippen molar-refractivity contribution in [2.24, 2.45) is 0 Å². The van der Waals surface area contributed by atoms with Crippen LogP contribution in [-0.4, -0.2) is 15.8 Å². The van der Waals surface area contributed by atoms with Crippen LogP contribution in [0.15, 0.2) is 47.3 Å². The van der Waals surface area contributed by atoms with Crippen molar-refractivity contribution in [3.63, 3.8) is 0 Å². The molecule has 0 radical (unpaired) electrons. The first-order chi connectivity index (χ1) is 11.6. The molecule has 0 spiro atoms. The Bertz CT molecular complexity index is 957. The van der Waals surface area contributed by atoms with E-state index in [9.17, 15) is 9.59 Å². The van der Waals surface area contributed by atoms with Gasteiger partial charge in [-0.05, 0) is 43.9 Å². The lowest BCUT2D eigenvalue weighted by Gasteiger charge is -2.14. The first-order valence-electron chi connectivity index (χ1n) is 8.13. The van der Waals surface area contributed by atoms with E-state index in [0.717, 1.165) is 40.4 Å². The lowest BCUT2D eigenvalue weighted by Crippen LogP contribution is -2.12. The molecule has 0 fully saturated rings. The quantitative estimate of drug-likeness (QED) is 0.777. The van der Waals surface area contributed by atoms with Gasteiger partial charge in [0.25, 0.3) is 0 Å². The van der Waals surface area contributed by atoms with Crippen LogP contribution in [0, 0.1) is 6.92 Å². The minimum atomic E-state index is -0.346. The van der Waals surface area contributed by atoms with Crippen molar-refractivity contribution >= 4 is 16.7 Å². The summed E-state index contributed by atoms with van der Waals surface area (Å²) in [5.74, 6) is 0.198. The first-order valence-corrected chi connectivity index (χ1v) is 8.13. The maximum absolute atomic E-state index is 12.0. The third kappa shape index (κ3) is 3.27. The van der Waals surface area contributed by atoms with E-state index in [-0.39, 0.29) is 11.5 Å². The van der Waals surface area contributed by atoms with Crippen LogP contribution in [0.2, 0.25) is 0 Å².